The molecule has 0 heterocycles. The maximum atomic E-state index is 12.3. The van der Waals surface area contributed by atoms with Crippen molar-refractivity contribution in [1.29, 1.82) is 0 Å². The van der Waals surface area contributed by atoms with Crippen molar-refractivity contribution >= 4 is 41.3 Å². The van der Waals surface area contributed by atoms with E-state index in [1.165, 1.54) is 13.8 Å². The molecular weight excluding hydrogens is 347 g/mol. The number of hydrogen-bond donors (Lipinski definition) is 0. The first-order chi connectivity index (χ1) is 8.43. The number of carbonyl (C=O) groups excluding carboxylic acids is 3. The average Bonchev–Trinajstić information content (AvgIpc) is 2.29. The number of rotatable bonds is 10. The number of carbonyl (C=O) groups is 3. The summed E-state index contributed by atoms with van der Waals surface area (Å²) in [6.45, 7) is 6.79. The van der Waals surface area contributed by atoms with Gasteiger partial charge in [-0.25, -0.2) is 0 Å². The van der Waals surface area contributed by atoms with Crippen LogP contribution in [-0.4, -0.2) is 41.3 Å². The molecule has 0 aliphatic rings. The van der Waals surface area contributed by atoms with E-state index in [1.54, 1.807) is 0 Å². The summed E-state index contributed by atoms with van der Waals surface area (Å²) in [6, 6.07) is 0. The molecule has 4 heteroatoms. The molecule has 4 radical (unpaired) electrons. The van der Waals surface area contributed by atoms with E-state index in [0.717, 1.165) is 32.1 Å². The minimum absolute atomic E-state index is 0. The standard InChI is InChI=1S/C15H26O3.Sn/c1-5-7-9-10-14(18)15(12(3)16,13(4)17)11-8-6-2;/h5-11H2,1-4H3;. The van der Waals surface area contributed by atoms with Crippen molar-refractivity contribution in [3.05, 3.63) is 0 Å². The molecule has 19 heavy (non-hydrogen) atoms. The van der Waals surface area contributed by atoms with Crippen molar-refractivity contribution in [2.45, 2.75) is 72.6 Å². The fourth-order valence-corrected chi connectivity index (χ4v) is 2.32. The zero-order valence-corrected chi connectivity index (χ0v) is 15.5. The Morgan fingerprint density at radius 3 is 1.68 bits per heavy atom. The van der Waals surface area contributed by atoms with Crippen molar-refractivity contribution in [2.75, 3.05) is 0 Å². The van der Waals surface area contributed by atoms with Crippen LogP contribution in [0, 0.1) is 5.41 Å². The van der Waals surface area contributed by atoms with Crippen LogP contribution in [0.4, 0.5) is 0 Å². The Labute approximate surface area is 133 Å². The molecule has 0 saturated carbocycles. The molecule has 0 unspecified atom stereocenters. The van der Waals surface area contributed by atoms with Crippen molar-refractivity contribution < 1.29 is 14.4 Å². The Balaban J connectivity index is 0. The van der Waals surface area contributed by atoms with Gasteiger partial charge in [0.2, 0.25) is 0 Å². The molecule has 3 nitrogen and oxygen atoms in total. The van der Waals surface area contributed by atoms with Gasteiger partial charge in [0.25, 0.3) is 0 Å². The topological polar surface area (TPSA) is 51.2 Å². The largest absolute Gasteiger partial charge is 0.298 e. The zero-order valence-electron chi connectivity index (χ0n) is 12.7. The molecule has 0 atom stereocenters. The van der Waals surface area contributed by atoms with E-state index in [0.29, 0.717) is 12.8 Å². The van der Waals surface area contributed by atoms with Gasteiger partial charge in [0, 0.05) is 30.3 Å². The van der Waals surface area contributed by atoms with Crippen LogP contribution < -0.4 is 0 Å². The first-order valence-electron chi connectivity index (χ1n) is 6.98. The van der Waals surface area contributed by atoms with Gasteiger partial charge in [-0.1, -0.05) is 39.5 Å². The van der Waals surface area contributed by atoms with Crippen LogP contribution in [0.15, 0.2) is 0 Å². The van der Waals surface area contributed by atoms with Crippen LogP contribution in [0.2, 0.25) is 0 Å². The smallest absolute Gasteiger partial charge is 0.153 e. The van der Waals surface area contributed by atoms with Crippen molar-refractivity contribution in [1.82, 2.24) is 0 Å². The number of hydrogen-bond acceptors (Lipinski definition) is 3. The fraction of sp³-hybridized carbons (Fsp3) is 0.800. The van der Waals surface area contributed by atoms with Gasteiger partial charge >= 0.3 is 0 Å². The summed E-state index contributed by atoms with van der Waals surface area (Å²) in [4.78, 5) is 36.0. The summed E-state index contributed by atoms with van der Waals surface area (Å²) in [5.41, 5.74) is -1.36. The minimum atomic E-state index is -1.36. The van der Waals surface area contributed by atoms with Gasteiger partial charge in [-0.05, 0) is 26.7 Å². The third-order valence-electron chi connectivity index (χ3n) is 3.59. The summed E-state index contributed by atoms with van der Waals surface area (Å²) in [6.07, 6.45) is 5.09. The third kappa shape index (κ3) is 5.76. The van der Waals surface area contributed by atoms with Gasteiger partial charge in [0.15, 0.2) is 17.3 Å². The van der Waals surface area contributed by atoms with E-state index in [2.05, 4.69) is 6.92 Å². The first-order valence-corrected chi connectivity index (χ1v) is 6.98. The van der Waals surface area contributed by atoms with Crippen LogP contribution in [0.1, 0.15) is 72.6 Å². The molecule has 0 bridgehead atoms. The normalized spacial score (nSPS) is 10.7. The summed E-state index contributed by atoms with van der Waals surface area (Å²) in [5, 5.41) is 0. The molecular formula is C15H26O3Sn. The quantitative estimate of drug-likeness (QED) is 0.336. The van der Waals surface area contributed by atoms with Gasteiger partial charge in [0.05, 0.1) is 0 Å². The predicted molar refractivity (Wildman–Crippen MR) is 78.2 cm³/mol. The Bertz CT molecular complexity index is 297. The molecule has 0 N–H and O–H groups in total. The van der Waals surface area contributed by atoms with Gasteiger partial charge in [-0.15, -0.1) is 0 Å². The molecule has 0 aliphatic carbocycles. The molecule has 0 aromatic heterocycles. The Hall–Kier alpha value is -0.191. The van der Waals surface area contributed by atoms with Crippen LogP contribution in [0.25, 0.3) is 0 Å². The minimum Gasteiger partial charge on any atom is -0.298 e. The molecule has 0 rings (SSSR count). The third-order valence-corrected chi connectivity index (χ3v) is 3.59. The maximum absolute atomic E-state index is 12.3. The number of ketones is 3. The van der Waals surface area contributed by atoms with Gasteiger partial charge in [-0.2, -0.15) is 0 Å². The van der Waals surface area contributed by atoms with E-state index in [1.807, 2.05) is 6.92 Å². The molecule has 108 valence electrons. The van der Waals surface area contributed by atoms with E-state index in [4.69, 9.17) is 0 Å². The summed E-state index contributed by atoms with van der Waals surface area (Å²) >= 11 is 0. The summed E-state index contributed by atoms with van der Waals surface area (Å²) in [5.74, 6) is -0.751. The van der Waals surface area contributed by atoms with E-state index in [-0.39, 0.29) is 41.3 Å². The zero-order chi connectivity index (χ0) is 14.2. The van der Waals surface area contributed by atoms with E-state index < -0.39 is 5.41 Å². The van der Waals surface area contributed by atoms with Crippen molar-refractivity contribution in [3.8, 4) is 0 Å². The van der Waals surface area contributed by atoms with Crippen LogP contribution in [-0.2, 0) is 14.4 Å². The fourth-order valence-electron chi connectivity index (χ4n) is 2.32. The monoisotopic (exact) mass is 374 g/mol. The maximum Gasteiger partial charge on any atom is 0.153 e. The first kappa shape index (κ1) is 21.1. The predicted octanol–water partition coefficient (Wildman–Crippen LogP) is 3.11. The van der Waals surface area contributed by atoms with Crippen LogP contribution in [0.3, 0.4) is 0 Å². The molecule has 0 aromatic carbocycles. The SMILES string of the molecule is CCCCCC(=O)C(CCCC)(C(C)=O)C(C)=O.[Sn]. The van der Waals surface area contributed by atoms with Gasteiger partial charge in [0.1, 0.15) is 5.41 Å². The average molecular weight is 373 g/mol. The summed E-state index contributed by atoms with van der Waals surface area (Å²) in [7, 11) is 0. The Kier molecular flexibility index (Phi) is 11.8. The van der Waals surface area contributed by atoms with Crippen LogP contribution in [0.5, 0.6) is 0 Å². The van der Waals surface area contributed by atoms with Crippen molar-refractivity contribution in [3.63, 3.8) is 0 Å². The molecule has 0 aliphatic heterocycles. The Morgan fingerprint density at radius 2 is 1.32 bits per heavy atom. The van der Waals surface area contributed by atoms with Crippen LogP contribution >= 0.6 is 0 Å². The molecule has 0 amide bonds. The molecule has 0 fully saturated rings. The molecule has 0 saturated heterocycles. The number of unbranched alkanes of at least 4 members (excludes halogenated alkanes) is 3. The molecule has 0 aromatic rings. The number of Topliss-reactive ketones (excluding diaryl/α,β-unsaturated/α-hetero) is 3. The second kappa shape index (κ2) is 10.6. The van der Waals surface area contributed by atoms with E-state index >= 15 is 0 Å². The van der Waals surface area contributed by atoms with E-state index in [9.17, 15) is 14.4 Å². The van der Waals surface area contributed by atoms with Gasteiger partial charge in [-0.3, -0.25) is 14.4 Å². The van der Waals surface area contributed by atoms with Crippen molar-refractivity contribution in [2.24, 2.45) is 5.41 Å². The Morgan fingerprint density at radius 1 is 0.842 bits per heavy atom. The second-order valence-electron chi connectivity index (χ2n) is 5.00. The van der Waals surface area contributed by atoms with Gasteiger partial charge < -0.3 is 0 Å². The summed E-state index contributed by atoms with van der Waals surface area (Å²) < 4.78 is 0. The second-order valence-corrected chi connectivity index (χ2v) is 5.00. The molecule has 0 spiro atoms.